The molecule has 0 spiro atoms. The molecule has 1 aromatic carbocycles. The van der Waals surface area contributed by atoms with Gasteiger partial charge in [0.2, 0.25) is 0 Å². The van der Waals surface area contributed by atoms with Crippen LogP contribution in [0.15, 0.2) is 29.8 Å². The quantitative estimate of drug-likeness (QED) is 0.820. The van der Waals surface area contributed by atoms with Gasteiger partial charge in [-0.1, -0.05) is 25.0 Å². The topological polar surface area (TPSA) is 33.2 Å². The van der Waals surface area contributed by atoms with E-state index in [-0.39, 0.29) is 11.7 Å². The SMILES string of the molecule is CN(CCc1ccc(F)cc1)C(=O)c1scnc1C1CCCC1. The Labute approximate surface area is 140 Å². The number of benzene rings is 1. The smallest absolute Gasteiger partial charge is 0.265 e. The van der Waals surface area contributed by atoms with E-state index in [4.69, 9.17) is 0 Å². The number of amides is 1. The summed E-state index contributed by atoms with van der Waals surface area (Å²) >= 11 is 1.44. The maximum Gasteiger partial charge on any atom is 0.265 e. The Bertz CT molecular complexity index is 662. The fraction of sp³-hybridized carbons (Fsp3) is 0.444. The third-order valence-electron chi connectivity index (χ3n) is 4.53. The van der Waals surface area contributed by atoms with E-state index < -0.39 is 0 Å². The molecule has 122 valence electrons. The van der Waals surface area contributed by atoms with Gasteiger partial charge in [-0.25, -0.2) is 9.37 Å². The standard InChI is InChI=1S/C18H21FN2OS/c1-21(11-10-13-6-8-15(19)9-7-13)18(22)17-16(20-12-23-17)14-4-2-3-5-14/h6-9,12,14H,2-5,10-11H2,1H3. The molecule has 0 bridgehead atoms. The first kappa shape index (κ1) is 16.1. The molecule has 1 aliphatic carbocycles. The molecule has 1 amide bonds. The van der Waals surface area contributed by atoms with E-state index >= 15 is 0 Å². The Morgan fingerprint density at radius 2 is 2.00 bits per heavy atom. The lowest BCUT2D eigenvalue weighted by atomic mass is 10.0. The lowest BCUT2D eigenvalue weighted by Crippen LogP contribution is -2.29. The molecule has 1 saturated carbocycles. The molecule has 0 atom stereocenters. The van der Waals surface area contributed by atoms with Crippen molar-refractivity contribution >= 4 is 17.2 Å². The molecular formula is C18H21FN2OS. The van der Waals surface area contributed by atoms with Crippen LogP contribution in [0.25, 0.3) is 0 Å². The fourth-order valence-electron chi connectivity index (χ4n) is 3.13. The third kappa shape index (κ3) is 3.78. The molecule has 0 radical (unpaired) electrons. The minimum Gasteiger partial charge on any atom is -0.341 e. The number of hydrogen-bond acceptors (Lipinski definition) is 3. The van der Waals surface area contributed by atoms with E-state index in [2.05, 4.69) is 4.98 Å². The molecule has 3 nitrogen and oxygen atoms in total. The molecule has 23 heavy (non-hydrogen) atoms. The van der Waals surface area contributed by atoms with Crippen molar-refractivity contribution < 1.29 is 9.18 Å². The average molecular weight is 332 g/mol. The summed E-state index contributed by atoms with van der Waals surface area (Å²) < 4.78 is 12.9. The predicted molar refractivity (Wildman–Crippen MR) is 90.4 cm³/mol. The number of carbonyl (C=O) groups excluding carboxylic acids is 1. The van der Waals surface area contributed by atoms with Crippen molar-refractivity contribution in [2.45, 2.75) is 38.0 Å². The van der Waals surface area contributed by atoms with Crippen LogP contribution >= 0.6 is 11.3 Å². The summed E-state index contributed by atoms with van der Waals surface area (Å²) in [5.74, 6) is 0.270. The molecule has 5 heteroatoms. The van der Waals surface area contributed by atoms with E-state index in [0.29, 0.717) is 12.5 Å². The van der Waals surface area contributed by atoms with Crippen LogP contribution in [0.3, 0.4) is 0 Å². The van der Waals surface area contributed by atoms with Crippen molar-refractivity contribution in [2.75, 3.05) is 13.6 Å². The molecule has 1 aliphatic rings. The molecule has 1 heterocycles. The second-order valence-electron chi connectivity index (χ2n) is 6.15. The fourth-order valence-corrected chi connectivity index (χ4v) is 4.00. The monoisotopic (exact) mass is 332 g/mol. The molecular weight excluding hydrogens is 311 g/mol. The van der Waals surface area contributed by atoms with Gasteiger partial charge in [0.25, 0.3) is 5.91 Å². The largest absolute Gasteiger partial charge is 0.341 e. The highest BCUT2D eigenvalue weighted by atomic mass is 32.1. The second kappa shape index (κ2) is 7.21. The van der Waals surface area contributed by atoms with E-state index in [1.165, 1.54) is 36.3 Å². The van der Waals surface area contributed by atoms with Crippen LogP contribution in [-0.4, -0.2) is 29.4 Å². The zero-order valence-corrected chi connectivity index (χ0v) is 14.1. The van der Waals surface area contributed by atoms with Crippen LogP contribution in [0.5, 0.6) is 0 Å². The first-order valence-corrected chi connectivity index (χ1v) is 8.96. The van der Waals surface area contributed by atoms with E-state index in [9.17, 15) is 9.18 Å². The minimum absolute atomic E-state index is 0.0523. The van der Waals surface area contributed by atoms with Crippen molar-refractivity contribution in [1.29, 1.82) is 0 Å². The van der Waals surface area contributed by atoms with Gasteiger partial charge in [0.15, 0.2) is 0 Å². The lowest BCUT2D eigenvalue weighted by molar-refractivity contribution is 0.0799. The normalized spacial score (nSPS) is 15.0. The van der Waals surface area contributed by atoms with Crippen LogP contribution in [0.4, 0.5) is 4.39 Å². The van der Waals surface area contributed by atoms with Gasteiger partial charge in [-0.2, -0.15) is 0 Å². The first-order chi connectivity index (χ1) is 11.1. The molecule has 0 unspecified atom stereocenters. The predicted octanol–water partition coefficient (Wildman–Crippen LogP) is 4.25. The maximum atomic E-state index is 12.9. The summed E-state index contributed by atoms with van der Waals surface area (Å²) in [6, 6.07) is 6.45. The Morgan fingerprint density at radius 1 is 1.30 bits per heavy atom. The van der Waals surface area contributed by atoms with Gasteiger partial charge in [0.05, 0.1) is 11.2 Å². The van der Waals surface area contributed by atoms with Crippen LogP contribution in [0.1, 0.15) is 52.5 Å². The highest BCUT2D eigenvalue weighted by Crippen LogP contribution is 2.36. The summed E-state index contributed by atoms with van der Waals surface area (Å²) in [5, 5.41) is 0. The number of nitrogens with zero attached hydrogens (tertiary/aromatic N) is 2. The number of thiazole rings is 1. The van der Waals surface area contributed by atoms with Crippen LogP contribution in [0.2, 0.25) is 0 Å². The summed E-state index contributed by atoms with van der Waals surface area (Å²) in [7, 11) is 1.82. The highest BCUT2D eigenvalue weighted by Gasteiger charge is 2.26. The van der Waals surface area contributed by atoms with Gasteiger partial charge in [-0.05, 0) is 37.0 Å². The second-order valence-corrected chi connectivity index (χ2v) is 7.01. The molecule has 0 aliphatic heterocycles. The van der Waals surface area contributed by atoms with Crippen LogP contribution in [0, 0.1) is 5.82 Å². The van der Waals surface area contributed by atoms with Gasteiger partial charge >= 0.3 is 0 Å². The van der Waals surface area contributed by atoms with Crippen molar-refractivity contribution in [3.8, 4) is 0 Å². The Morgan fingerprint density at radius 3 is 2.70 bits per heavy atom. The minimum atomic E-state index is -0.232. The molecule has 1 aromatic heterocycles. The molecule has 1 fully saturated rings. The molecule has 3 rings (SSSR count). The zero-order valence-electron chi connectivity index (χ0n) is 13.3. The maximum absolute atomic E-state index is 12.9. The molecule has 2 aromatic rings. The van der Waals surface area contributed by atoms with Crippen LogP contribution in [-0.2, 0) is 6.42 Å². The molecule has 0 N–H and O–H groups in total. The zero-order chi connectivity index (χ0) is 16.2. The number of rotatable bonds is 5. The Kier molecular flexibility index (Phi) is 5.06. The number of hydrogen-bond donors (Lipinski definition) is 0. The number of carbonyl (C=O) groups is 1. The Balaban J connectivity index is 1.63. The summed E-state index contributed by atoms with van der Waals surface area (Å²) in [5.41, 5.74) is 3.81. The van der Waals surface area contributed by atoms with Crippen molar-refractivity contribution in [3.05, 3.63) is 51.7 Å². The summed E-state index contributed by atoms with van der Waals surface area (Å²) in [4.78, 5) is 19.7. The number of likely N-dealkylation sites (N-methyl/N-ethyl adjacent to an activating group) is 1. The average Bonchev–Trinajstić information content (AvgIpc) is 3.23. The van der Waals surface area contributed by atoms with Crippen molar-refractivity contribution in [1.82, 2.24) is 9.88 Å². The van der Waals surface area contributed by atoms with Crippen LogP contribution < -0.4 is 0 Å². The van der Waals surface area contributed by atoms with E-state index in [0.717, 1.165) is 35.4 Å². The number of halogens is 1. The van der Waals surface area contributed by atoms with Gasteiger partial charge in [-0.3, -0.25) is 4.79 Å². The van der Waals surface area contributed by atoms with Gasteiger partial charge in [0, 0.05) is 19.5 Å². The molecule has 0 saturated heterocycles. The summed E-state index contributed by atoms with van der Waals surface area (Å²) in [6.45, 7) is 0.618. The van der Waals surface area contributed by atoms with Crippen molar-refractivity contribution in [2.24, 2.45) is 0 Å². The number of aromatic nitrogens is 1. The third-order valence-corrected chi connectivity index (χ3v) is 5.36. The van der Waals surface area contributed by atoms with Gasteiger partial charge in [0.1, 0.15) is 10.7 Å². The van der Waals surface area contributed by atoms with Crippen molar-refractivity contribution in [3.63, 3.8) is 0 Å². The highest BCUT2D eigenvalue weighted by molar-refractivity contribution is 7.11. The van der Waals surface area contributed by atoms with E-state index in [1.807, 2.05) is 7.05 Å². The van der Waals surface area contributed by atoms with Gasteiger partial charge < -0.3 is 4.90 Å². The Hall–Kier alpha value is -1.75. The first-order valence-electron chi connectivity index (χ1n) is 8.08. The summed E-state index contributed by atoms with van der Waals surface area (Å²) in [6.07, 6.45) is 5.47. The van der Waals surface area contributed by atoms with E-state index in [1.54, 1.807) is 22.5 Å². The van der Waals surface area contributed by atoms with Gasteiger partial charge in [-0.15, -0.1) is 11.3 Å². The lowest BCUT2D eigenvalue weighted by Gasteiger charge is -2.18.